The van der Waals surface area contributed by atoms with Gasteiger partial charge in [-0.1, -0.05) is 0 Å². The zero-order valence-electron chi connectivity index (χ0n) is 9.79. The lowest BCUT2D eigenvalue weighted by atomic mass is 9.98. The van der Waals surface area contributed by atoms with Gasteiger partial charge in [0.25, 0.3) is 0 Å². The molecule has 1 fully saturated rings. The molecule has 3 N–H and O–H groups in total. The molecular weight excluding hydrogens is 200 g/mol. The minimum absolute atomic E-state index is 0.368. The lowest BCUT2D eigenvalue weighted by molar-refractivity contribution is 0.390. The highest BCUT2D eigenvalue weighted by molar-refractivity contribution is 5.50. The van der Waals surface area contributed by atoms with E-state index in [4.69, 9.17) is 0 Å². The molecule has 1 aromatic rings. The van der Waals surface area contributed by atoms with Gasteiger partial charge in [0, 0.05) is 12.2 Å². The summed E-state index contributed by atoms with van der Waals surface area (Å²) in [5.74, 6) is 1.14. The fraction of sp³-hybridized carbons (Fsp3) is 0.538. The van der Waals surface area contributed by atoms with Crippen LogP contribution in [0.3, 0.4) is 0 Å². The van der Waals surface area contributed by atoms with E-state index < -0.39 is 0 Å². The van der Waals surface area contributed by atoms with Crippen LogP contribution in [0.5, 0.6) is 5.75 Å². The van der Waals surface area contributed by atoms with E-state index in [-0.39, 0.29) is 0 Å². The van der Waals surface area contributed by atoms with Crippen molar-refractivity contribution in [2.45, 2.75) is 19.8 Å². The quantitative estimate of drug-likeness (QED) is 0.684. The first-order valence-corrected chi connectivity index (χ1v) is 6.00. The Morgan fingerprint density at radius 3 is 2.81 bits per heavy atom. The Bertz CT molecular complexity index is 346. The van der Waals surface area contributed by atoms with Crippen molar-refractivity contribution in [1.29, 1.82) is 0 Å². The third kappa shape index (κ3) is 2.89. The van der Waals surface area contributed by atoms with Gasteiger partial charge in [-0.2, -0.15) is 0 Å². The lowest BCUT2D eigenvalue weighted by Crippen LogP contribution is -2.31. The summed E-state index contributed by atoms with van der Waals surface area (Å²) in [6, 6.07) is 5.68. The predicted molar refractivity (Wildman–Crippen MR) is 66.9 cm³/mol. The number of aromatic hydroxyl groups is 1. The maximum atomic E-state index is 9.42. The number of phenols is 1. The summed E-state index contributed by atoms with van der Waals surface area (Å²) in [7, 11) is 0. The van der Waals surface area contributed by atoms with Crippen molar-refractivity contribution >= 4 is 5.69 Å². The highest BCUT2D eigenvalue weighted by Crippen LogP contribution is 2.21. The van der Waals surface area contributed by atoms with Crippen LogP contribution in [0.1, 0.15) is 18.4 Å². The van der Waals surface area contributed by atoms with Crippen LogP contribution >= 0.6 is 0 Å². The van der Waals surface area contributed by atoms with E-state index in [1.165, 1.54) is 12.8 Å². The molecule has 3 heteroatoms. The topological polar surface area (TPSA) is 44.3 Å². The molecule has 0 saturated carbocycles. The van der Waals surface area contributed by atoms with Crippen LogP contribution in [-0.2, 0) is 0 Å². The predicted octanol–water partition coefficient (Wildman–Crippen LogP) is 2.11. The normalized spacial score (nSPS) is 17.3. The van der Waals surface area contributed by atoms with Crippen LogP contribution in [0.2, 0.25) is 0 Å². The van der Waals surface area contributed by atoms with E-state index in [1.807, 2.05) is 19.1 Å². The van der Waals surface area contributed by atoms with Gasteiger partial charge in [-0.05, 0) is 62.5 Å². The third-order valence-electron chi connectivity index (χ3n) is 3.25. The van der Waals surface area contributed by atoms with Crippen molar-refractivity contribution in [2.24, 2.45) is 5.92 Å². The number of rotatable bonds is 3. The molecule has 0 bridgehead atoms. The second kappa shape index (κ2) is 5.21. The maximum absolute atomic E-state index is 9.42. The highest BCUT2D eigenvalue weighted by Gasteiger charge is 2.12. The molecule has 0 atom stereocenters. The molecule has 0 radical (unpaired) electrons. The molecular formula is C13H20N2O. The Morgan fingerprint density at radius 1 is 1.38 bits per heavy atom. The molecule has 1 aliphatic rings. The monoisotopic (exact) mass is 220 g/mol. The van der Waals surface area contributed by atoms with Crippen LogP contribution in [0, 0.1) is 12.8 Å². The number of nitrogens with one attached hydrogen (secondary N) is 2. The minimum atomic E-state index is 0.368. The van der Waals surface area contributed by atoms with Crippen LogP contribution < -0.4 is 10.6 Å². The van der Waals surface area contributed by atoms with Gasteiger partial charge in [-0.25, -0.2) is 0 Å². The number of aryl methyl sites for hydroxylation is 1. The van der Waals surface area contributed by atoms with Crippen molar-refractivity contribution in [3.63, 3.8) is 0 Å². The Morgan fingerprint density at radius 2 is 2.12 bits per heavy atom. The average molecular weight is 220 g/mol. The summed E-state index contributed by atoms with van der Waals surface area (Å²) in [6.45, 7) is 5.23. The zero-order valence-corrected chi connectivity index (χ0v) is 9.79. The molecule has 16 heavy (non-hydrogen) atoms. The largest absolute Gasteiger partial charge is 0.508 e. The summed E-state index contributed by atoms with van der Waals surface area (Å²) in [4.78, 5) is 0. The summed E-state index contributed by atoms with van der Waals surface area (Å²) < 4.78 is 0. The van der Waals surface area contributed by atoms with Gasteiger partial charge < -0.3 is 15.7 Å². The second-order valence-electron chi connectivity index (χ2n) is 4.58. The Balaban J connectivity index is 1.86. The van der Waals surface area contributed by atoms with Gasteiger partial charge in [0.2, 0.25) is 0 Å². The summed E-state index contributed by atoms with van der Waals surface area (Å²) in [5.41, 5.74) is 2.03. The molecule has 3 nitrogen and oxygen atoms in total. The number of benzene rings is 1. The van der Waals surface area contributed by atoms with Gasteiger partial charge in [0.05, 0.1) is 0 Å². The Labute approximate surface area is 96.9 Å². The molecule has 0 aromatic heterocycles. The van der Waals surface area contributed by atoms with Gasteiger partial charge >= 0.3 is 0 Å². The number of anilines is 1. The molecule has 1 saturated heterocycles. The van der Waals surface area contributed by atoms with E-state index in [0.29, 0.717) is 5.75 Å². The van der Waals surface area contributed by atoms with Gasteiger partial charge in [0.1, 0.15) is 5.75 Å². The molecule has 1 heterocycles. The summed E-state index contributed by atoms with van der Waals surface area (Å²) in [5, 5.41) is 16.2. The third-order valence-corrected chi connectivity index (χ3v) is 3.25. The molecule has 1 aliphatic heterocycles. The minimum Gasteiger partial charge on any atom is -0.508 e. The standard InChI is InChI=1S/C13H20N2O/c1-10-8-12(2-3-13(10)16)15-9-11-4-6-14-7-5-11/h2-3,8,11,14-16H,4-7,9H2,1H3. The molecule has 1 aromatic carbocycles. The van der Waals surface area contributed by atoms with Crippen molar-refractivity contribution in [2.75, 3.05) is 25.0 Å². The molecule has 2 rings (SSSR count). The number of hydrogen-bond donors (Lipinski definition) is 3. The van der Waals surface area contributed by atoms with E-state index in [0.717, 1.165) is 36.8 Å². The van der Waals surface area contributed by atoms with Gasteiger partial charge in [-0.3, -0.25) is 0 Å². The fourth-order valence-electron chi connectivity index (χ4n) is 2.11. The number of hydrogen-bond acceptors (Lipinski definition) is 3. The molecule has 0 amide bonds. The Hall–Kier alpha value is -1.22. The number of piperidine rings is 1. The molecule has 0 spiro atoms. The van der Waals surface area contributed by atoms with Crippen LogP contribution in [-0.4, -0.2) is 24.7 Å². The van der Waals surface area contributed by atoms with Crippen molar-refractivity contribution in [3.05, 3.63) is 23.8 Å². The molecule has 88 valence electrons. The fourth-order valence-corrected chi connectivity index (χ4v) is 2.11. The van der Waals surface area contributed by atoms with Crippen molar-refractivity contribution in [3.8, 4) is 5.75 Å². The van der Waals surface area contributed by atoms with E-state index in [2.05, 4.69) is 10.6 Å². The summed E-state index contributed by atoms with van der Waals surface area (Å²) in [6.07, 6.45) is 2.51. The Kier molecular flexibility index (Phi) is 3.67. The zero-order chi connectivity index (χ0) is 11.4. The average Bonchev–Trinajstić information content (AvgIpc) is 2.32. The molecule has 0 unspecified atom stereocenters. The van der Waals surface area contributed by atoms with E-state index in [1.54, 1.807) is 6.07 Å². The smallest absolute Gasteiger partial charge is 0.118 e. The van der Waals surface area contributed by atoms with Crippen LogP contribution in [0.25, 0.3) is 0 Å². The highest BCUT2D eigenvalue weighted by atomic mass is 16.3. The van der Waals surface area contributed by atoms with E-state index >= 15 is 0 Å². The van der Waals surface area contributed by atoms with E-state index in [9.17, 15) is 5.11 Å². The van der Waals surface area contributed by atoms with Gasteiger partial charge in [-0.15, -0.1) is 0 Å². The maximum Gasteiger partial charge on any atom is 0.118 e. The first-order valence-electron chi connectivity index (χ1n) is 6.00. The van der Waals surface area contributed by atoms with Gasteiger partial charge in [0.15, 0.2) is 0 Å². The first-order chi connectivity index (χ1) is 7.75. The van der Waals surface area contributed by atoms with Crippen molar-refractivity contribution < 1.29 is 5.11 Å². The first kappa shape index (κ1) is 11.3. The second-order valence-corrected chi connectivity index (χ2v) is 4.58. The number of phenolic OH excluding ortho intramolecular Hbond substituents is 1. The summed E-state index contributed by atoms with van der Waals surface area (Å²) >= 11 is 0. The van der Waals surface area contributed by atoms with Crippen molar-refractivity contribution in [1.82, 2.24) is 5.32 Å². The SMILES string of the molecule is Cc1cc(NCC2CCNCC2)ccc1O. The molecule has 0 aliphatic carbocycles. The van der Waals surface area contributed by atoms with Crippen LogP contribution in [0.15, 0.2) is 18.2 Å². The lowest BCUT2D eigenvalue weighted by Gasteiger charge is -2.23. The van der Waals surface area contributed by atoms with Crippen LogP contribution in [0.4, 0.5) is 5.69 Å².